The highest BCUT2D eigenvalue weighted by atomic mass is 28.3. The fourth-order valence-corrected chi connectivity index (χ4v) is 2.33. The van der Waals surface area contributed by atoms with Crippen LogP contribution in [0.2, 0.25) is 19.6 Å². The summed E-state index contributed by atoms with van der Waals surface area (Å²) in [6, 6.07) is 18.4. The maximum Gasteiger partial charge on any atom is 0.129 e. The van der Waals surface area contributed by atoms with Gasteiger partial charge < -0.3 is 0 Å². The molecule has 0 atom stereocenters. The first kappa shape index (κ1) is 15.3. The fourth-order valence-electron chi connectivity index (χ4n) is 1.84. The van der Waals surface area contributed by atoms with E-state index in [-0.39, 0.29) is 0 Å². The van der Waals surface area contributed by atoms with Crippen LogP contribution < -0.4 is 0 Å². The summed E-state index contributed by atoms with van der Waals surface area (Å²) in [4.78, 5) is 4.74. The van der Waals surface area contributed by atoms with Crippen molar-refractivity contribution < 1.29 is 0 Å². The second-order valence-corrected chi connectivity index (χ2v) is 10.9. The molecule has 0 aliphatic carbocycles. The summed E-state index contributed by atoms with van der Waals surface area (Å²) in [5, 5.41) is 0. The van der Waals surface area contributed by atoms with Gasteiger partial charge in [0, 0.05) is 5.56 Å². The lowest BCUT2D eigenvalue weighted by atomic mass is 10.1. The molecular formula is C19H21NSi. The molecule has 21 heavy (non-hydrogen) atoms. The quantitative estimate of drug-likeness (QED) is 0.419. The van der Waals surface area contributed by atoms with Gasteiger partial charge in [0.15, 0.2) is 0 Å². The summed E-state index contributed by atoms with van der Waals surface area (Å²) < 4.78 is 0. The molecule has 0 fully saturated rings. The van der Waals surface area contributed by atoms with Crippen molar-refractivity contribution in [2.75, 3.05) is 0 Å². The van der Waals surface area contributed by atoms with Gasteiger partial charge in [0.1, 0.15) is 13.8 Å². The van der Waals surface area contributed by atoms with E-state index < -0.39 is 8.07 Å². The molecule has 1 nitrogen and oxygen atoms in total. The van der Waals surface area contributed by atoms with Crippen LogP contribution in [0.4, 0.5) is 5.69 Å². The Hall–Kier alpha value is -2.11. The first-order chi connectivity index (χ1) is 9.94. The van der Waals surface area contributed by atoms with Gasteiger partial charge in [0.25, 0.3) is 0 Å². The summed E-state index contributed by atoms with van der Waals surface area (Å²) in [6.07, 6.45) is 0. The van der Waals surface area contributed by atoms with E-state index in [2.05, 4.69) is 62.3 Å². The van der Waals surface area contributed by atoms with Gasteiger partial charge in [-0.1, -0.05) is 67.5 Å². The summed E-state index contributed by atoms with van der Waals surface area (Å²) in [5.41, 5.74) is 7.53. The highest BCUT2D eigenvalue weighted by Gasteiger charge is 2.09. The zero-order valence-electron chi connectivity index (χ0n) is 13.1. The molecule has 0 N–H and O–H groups in total. The minimum absolute atomic E-state index is 0.854. The zero-order chi connectivity index (χ0) is 15.3. The third-order valence-electron chi connectivity index (χ3n) is 2.84. The van der Waals surface area contributed by atoms with Gasteiger partial charge in [-0.15, -0.1) is 5.54 Å². The Kier molecular flexibility index (Phi) is 4.77. The van der Waals surface area contributed by atoms with E-state index in [0.29, 0.717) is 0 Å². The molecule has 0 heterocycles. The topological polar surface area (TPSA) is 12.4 Å². The lowest BCUT2D eigenvalue weighted by Crippen LogP contribution is -2.17. The second-order valence-electron chi connectivity index (χ2n) is 6.17. The van der Waals surface area contributed by atoms with Crippen LogP contribution in [0.25, 0.3) is 0 Å². The van der Waals surface area contributed by atoms with Crippen molar-refractivity contribution >= 4 is 19.5 Å². The first-order valence-corrected chi connectivity index (χ1v) is 10.7. The van der Waals surface area contributed by atoms with Gasteiger partial charge in [0.2, 0.25) is 0 Å². The van der Waals surface area contributed by atoms with Crippen molar-refractivity contribution in [3.8, 4) is 11.5 Å². The second kappa shape index (κ2) is 6.56. The van der Waals surface area contributed by atoms with Crippen LogP contribution >= 0.6 is 0 Å². The SMILES string of the molecule is Cc1cccc(C(C#C[Si](C)(C)C)=Nc2ccccc2)c1. The molecule has 106 valence electrons. The van der Waals surface area contributed by atoms with Gasteiger partial charge in [-0.05, 0) is 25.1 Å². The molecule has 0 aliphatic heterocycles. The Morgan fingerprint density at radius 2 is 1.67 bits per heavy atom. The number of hydrogen-bond donors (Lipinski definition) is 0. The van der Waals surface area contributed by atoms with Crippen molar-refractivity contribution in [2.45, 2.75) is 26.6 Å². The maximum absolute atomic E-state index is 4.74. The van der Waals surface area contributed by atoms with Gasteiger partial charge >= 0.3 is 0 Å². The molecule has 0 aliphatic rings. The van der Waals surface area contributed by atoms with Crippen molar-refractivity contribution in [1.82, 2.24) is 0 Å². The van der Waals surface area contributed by atoms with Gasteiger partial charge in [-0.25, -0.2) is 4.99 Å². The van der Waals surface area contributed by atoms with Crippen LogP contribution in [-0.2, 0) is 0 Å². The smallest absolute Gasteiger partial charge is 0.129 e. The molecule has 0 bridgehead atoms. The van der Waals surface area contributed by atoms with Crippen LogP contribution in [-0.4, -0.2) is 13.8 Å². The minimum Gasteiger partial charge on any atom is -0.239 e. The molecule has 0 saturated heterocycles. The minimum atomic E-state index is -1.43. The van der Waals surface area contributed by atoms with Gasteiger partial charge in [-0.3, -0.25) is 0 Å². The molecule has 0 unspecified atom stereocenters. The summed E-state index contributed by atoms with van der Waals surface area (Å²) in [7, 11) is -1.43. The molecule has 2 heteroatoms. The molecule has 2 aromatic carbocycles. The molecule has 0 spiro atoms. The Morgan fingerprint density at radius 3 is 2.29 bits per heavy atom. The molecule has 2 rings (SSSR count). The van der Waals surface area contributed by atoms with Gasteiger partial charge in [-0.2, -0.15) is 0 Å². The number of hydrogen-bond acceptors (Lipinski definition) is 1. The summed E-state index contributed by atoms with van der Waals surface area (Å²) in [6.45, 7) is 8.83. The van der Waals surface area contributed by atoms with Crippen LogP contribution in [0.3, 0.4) is 0 Å². The number of rotatable bonds is 2. The third-order valence-corrected chi connectivity index (χ3v) is 3.72. The van der Waals surface area contributed by atoms with E-state index in [1.54, 1.807) is 0 Å². The molecule has 0 radical (unpaired) electrons. The highest BCUT2D eigenvalue weighted by Crippen LogP contribution is 2.14. The van der Waals surface area contributed by atoms with Gasteiger partial charge in [0.05, 0.1) is 5.69 Å². The average molecular weight is 291 g/mol. The lowest BCUT2D eigenvalue weighted by molar-refractivity contribution is 1.44. The van der Waals surface area contributed by atoms with E-state index >= 15 is 0 Å². The number of aliphatic imine (C=N–C) groups is 1. The maximum atomic E-state index is 4.74. The van der Waals surface area contributed by atoms with E-state index in [0.717, 1.165) is 17.0 Å². The van der Waals surface area contributed by atoms with Crippen molar-refractivity contribution in [1.29, 1.82) is 0 Å². The summed E-state index contributed by atoms with van der Waals surface area (Å²) in [5.74, 6) is 3.31. The fraction of sp³-hybridized carbons (Fsp3) is 0.211. The Balaban J connectivity index is 2.49. The third kappa shape index (κ3) is 5.05. The molecule has 0 amide bonds. The van der Waals surface area contributed by atoms with Crippen molar-refractivity contribution in [3.63, 3.8) is 0 Å². The van der Waals surface area contributed by atoms with E-state index in [1.165, 1.54) is 5.56 Å². The predicted octanol–water partition coefficient (Wildman–Crippen LogP) is 5.00. The Bertz CT molecular complexity index is 698. The normalized spacial score (nSPS) is 11.7. The largest absolute Gasteiger partial charge is 0.239 e. The Labute approximate surface area is 128 Å². The molecule has 0 aromatic heterocycles. The standard InChI is InChI=1S/C19H21NSi/c1-16-9-8-10-17(15-16)19(13-14-21(2,3)4)20-18-11-6-5-7-12-18/h5-12,15H,1-4H3. The number of para-hydroxylation sites is 1. The Morgan fingerprint density at radius 1 is 0.952 bits per heavy atom. The first-order valence-electron chi connectivity index (χ1n) is 7.18. The van der Waals surface area contributed by atoms with Crippen LogP contribution in [0.15, 0.2) is 59.6 Å². The van der Waals surface area contributed by atoms with E-state index in [1.807, 2.05) is 30.3 Å². The molecular weight excluding hydrogens is 270 g/mol. The number of aryl methyl sites for hydroxylation is 1. The number of nitrogens with zero attached hydrogens (tertiary/aromatic N) is 1. The van der Waals surface area contributed by atoms with E-state index in [9.17, 15) is 0 Å². The molecule has 2 aromatic rings. The predicted molar refractivity (Wildman–Crippen MR) is 94.9 cm³/mol. The van der Waals surface area contributed by atoms with E-state index in [4.69, 9.17) is 4.99 Å². The van der Waals surface area contributed by atoms with Crippen LogP contribution in [0, 0.1) is 18.4 Å². The van der Waals surface area contributed by atoms with Crippen molar-refractivity contribution in [2.24, 2.45) is 4.99 Å². The lowest BCUT2D eigenvalue weighted by Gasteiger charge is -2.06. The van der Waals surface area contributed by atoms with Crippen molar-refractivity contribution in [3.05, 3.63) is 65.7 Å². The monoisotopic (exact) mass is 291 g/mol. The number of benzene rings is 2. The molecule has 0 saturated carbocycles. The van der Waals surface area contributed by atoms with Crippen LogP contribution in [0.1, 0.15) is 11.1 Å². The average Bonchev–Trinajstić information content (AvgIpc) is 2.43. The zero-order valence-corrected chi connectivity index (χ0v) is 14.1. The van der Waals surface area contributed by atoms with Crippen LogP contribution in [0.5, 0.6) is 0 Å². The highest BCUT2D eigenvalue weighted by molar-refractivity contribution is 6.84. The summed E-state index contributed by atoms with van der Waals surface area (Å²) >= 11 is 0.